The summed E-state index contributed by atoms with van der Waals surface area (Å²) in [5, 5.41) is 0. The molecule has 3 aliphatic heterocycles. The lowest BCUT2D eigenvalue weighted by molar-refractivity contribution is -0.129. The first-order valence-electron chi connectivity index (χ1n) is 12.4. The van der Waals surface area contributed by atoms with Gasteiger partial charge in [0.1, 0.15) is 11.5 Å². The van der Waals surface area contributed by atoms with Crippen LogP contribution in [0.15, 0.2) is 30.3 Å². The van der Waals surface area contributed by atoms with Gasteiger partial charge in [-0.15, -0.1) is 0 Å². The fraction of sp³-hybridized carbons (Fsp3) is 0.538. The van der Waals surface area contributed by atoms with Crippen molar-refractivity contribution >= 4 is 23.6 Å². The summed E-state index contributed by atoms with van der Waals surface area (Å²) in [5.74, 6) is 1.63. The van der Waals surface area contributed by atoms with Crippen LogP contribution in [0.4, 0.5) is 11.8 Å². The molecule has 1 aromatic carbocycles. The Morgan fingerprint density at radius 1 is 1.06 bits per heavy atom. The fourth-order valence-electron chi connectivity index (χ4n) is 5.39. The van der Waals surface area contributed by atoms with E-state index in [1.165, 1.54) is 5.56 Å². The van der Waals surface area contributed by atoms with Crippen LogP contribution in [0.5, 0.6) is 0 Å². The van der Waals surface area contributed by atoms with Gasteiger partial charge in [-0.05, 0) is 38.7 Å². The monoisotopic (exact) mass is 462 g/mol. The summed E-state index contributed by atoms with van der Waals surface area (Å²) in [5.41, 5.74) is 2.84. The smallest absolute Gasteiger partial charge is 0.273 e. The standard InChI is InChI=1S/C26H34N6O2/c1-18(2)32-17-22-23(25(32)34)27-26(30-14-12-29(13-15-30)19(3)33)28-24(22)31-11-7-10-21(31)16-20-8-5-4-6-9-20/h4-6,8-9,18,21H,7,10-17H2,1-3H3. The lowest BCUT2D eigenvalue weighted by Crippen LogP contribution is -2.48. The molecule has 34 heavy (non-hydrogen) atoms. The van der Waals surface area contributed by atoms with Crippen LogP contribution in [0.1, 0.15) is 55.2 Å². The van der Waals surface area contributed by atoms with Crippen molar-refractivity contribution in [2.24, 2.45) is 0 Å². The van der Waals surface area contributed by atoms with Crippen molar-refractivity contribution in [2.45, 2.75) is 58.7 Å². The van der Waals surface area contributed by atoms with Crippen LogP contribution in [0.2, 0.25) is 0 Å². The number of hydrogen-bond donors (Lipinski definition) is 0. The van der Waals surface area contributed by atoms with Crippen LogP contribution in [-0.2, 0) is 17.8 Å². The van der Waals surface area contributed by atoms with Gasteiger partial charge in [-0.1, -0.05) is 30.3 Å². The number of nitrogens with zero attached hydrogens (tertiary/aromatic N) is 6. The summed E-state index contributed by atoms with van der Waals surface area (Å²) >= 11 is 0. The zero-order valence-electron chi connectivity index (χ0n) is 20.4. The fourth-order valence-corrected chi connectivity index (χ4v) is 5.39. The Labute approximate surface area is 201 Å². The van der Waals surface area contributed by atoms with E-state index in [1.807, 2.05) is 23.6 Å². The number of carbonyl (C=O) groups excluding carboxylic acids is 2. The molecule has 2 saturated heterocycles. The average molecular weight is 463 g/mol. The molecule has 4 heterocycles. The van der Waals surface area contributed by atoms with Gasteiger partial charge in [-0.2, -0.15) is 4.98 Å². The van der Waals surface area contributed by atoms with Crippen molar-refractivity contribution in [1.82, 2.24) is 19.8 Å². The molecule has 0 N–H and O–H groups in total. The highest BCUT2D eigenvalue weighted by atomic mass is 16.2. The molecule has 3 aliphatic rings. The minimum absolute atomic E-state index is 0.00363. The van der Waals surface area contributed by atoms with E-state index in [9.17, 15) is 9.59 Å². The molecule has 2 aromatic rings. The molecule has 2 fully saturated rings. The molecule has 1 atom stereocenters. The van der Waals surface area contributed by atoms with E-state index in [0.717, 1.165) is 37.2 Å². The third-order valence-corrected chi connectivity index (χ3v) is 7.36. The maximum atomic E-state index is 13.3. The number of anilines is 2. The summed E-state index contributed by atoms with van der Waals surface area (Å²) in [6.07, 6.45) is 3.20. The van der Waals surface area contributed by atoms with E-state index in [4.69, 9.17) is 9.97 Å². The number of carbonyl (C=O) groups is 2. The topological polar surface area (TPSA) is 72.9 Å². The van der Waals surface area contributed by atoms with Crippen LogP contribution in [-0.4, -0.2) is 76.4 Å². The summed E-state index contributed by atoms with van der Waals surface area (Å²) in [6.45, 7) is 9.86. The van der Waals surface area contributed by atoms with Crippen molar-refractivity contribution in [3.05, 3.63) is 47.2 Å². The first-order chi connectivity index (χ1) is 16.4. The lowest BCUT2D eigenvalue weighted by Gasteiger charge is -2.35. The molecule has 1 aromatic heterocycles. The summed E-state index contributed by atoms with van der Waals surface area (Å²) in [6, 6.07) is 11.1. The zero-order valence-corrected chi connectivity index (χ0v) is 20.4. The molecular weight excluding hydrogens is 428 g/mol. The van der Waals surface area contributed by atoms with Gasteiger partial charge >= 0.3 is 0 Å². The second-order valence-corrected chi connectivity index (χ2v) is 9.87. The Kier molecular flexibility index (Phi) is 6.15. The van der Waals surface area contributed by atoms with Gasteiger partial charge in [-0.3, -0.25) is 9.59 Å². The normalized spacial score (nSPS) is 20.5. The number of hydrogen-bond acceptors (Lipinski definition) is 6. The third-order valence-electron chi connectivity index (χ3n) is 7.36. The van der Waals surface area contributed by atoms with Crippen LogP contribution in [0, 0.1) is 0 Å². The molecule has 2 amide bonds. The highest BCUT2D eigenvalue weighted by molar-refractivity contribution is 5.98. The SMILES string of the molecule is CC(=O)N1CCN(c2nc3c(c(N4CCCC4Cc4ccccc4)n2)CN(C(C)C)C3=O)CC1. The number of amides is 2. The Bertz CT molecular complexity index is 1060. The van der Waals surface area contributed by atoms with Crippen LogP contribution in [0.25, 0.3) is 0 Å². The number of aromatic nitrogens is 2. The van der Waals surface area contributed by atoms with Gasteiger partial charge in [0, 0.05) is 57.3 Å². The molecular formula is C26H34N6O2. The number of rotatable bonds is 5. The van der Waals surface area contributed by atoms with Crippen molar-refractivity contribution in [1.29, 1.82) is 0 Å². The van der Waals surface area contributed by atoms with E-state index in [1.54, 1.807) is 6.92 Å². The Morgan fingerprint density at radius 3 is 2.47 bits per heavy atom. The Morgan fingerprint density at radius 2 is 1.79 bits per heavy atom. The van der Waals surface area contributed by atoms with Crippen LogP contribution in [0.3, 0.4) is 0 Å². The predicted molar refractivity (Wildman–Crippen MR) is 132 cm³/mol. The lowest BCUT2D eigenvalue weighted by atomic mass is 10.0. The van der Waals surface area contributed by atoms with Crippen molar-refractivity contribution in [3.63, 3.8) is 0 Å². The van der Waals surface area contributed by atoms with Crippen LogP contribution >= 0.6 is 0 Å². The first kappa shape index (κ1) is 22.6. The van der Waals surface area contributed by atoms with E-state index in [2.05, 4.69) is 40.1 Å². The van der Waals surface area contributed by atoms with E-state index < -0.39 is 0 Å². The third kappa shape index (κ3) is 4.21. The molecule has 0 spiro atoms. The molecule has 8 nitrogen and oxygen atoms in total. The molecule has 0 radical (unpaired) electrons. The van der Waals surface area contributed by atoms with E-state index in [0.29, 0.717) is 50.4 Å². The second kappa shape index (κ2) is 9.24. The van der Waals surface area contributed by atoms with E-state index in [-0.39, 0.29) is 17.9 Å². The van der Waals surface area contributed by atoms with Gasteiger partial charge in [0.15, 0.2) is 0 Å². The summed E-state index contributed by atoms with van der Waals surface area (Å²) < 4.78 is 0. The highest BCUT2D eigenvalue weighted by Crippen LogP contribution is 2.36. The number of benzene rings is 1. The number of piperazine rings is 1. The first-order valence-corrected chi connectivity index (χ1v) is 12.4. The van der Waals surface area contributed by atoms with Gasteiger partial charge in [-0.25, -0.2) is 4.98 Å². The largest absolute Gasteiger partial charge is 0.353 e. The molecule has 8 heteroatoms. The number of fused-ring (bicyclic) bond motifs is 1. The molecule has 0 saturated carbocycles. The molecule has 0 aliphatic carbocycles. The van der Waals surface area contributed by atoms with Gasteiger partial charge < -0.3 is 19.6 Å². The van der Waals surface area contributed by atoms with Crippen molar-refractivity contribution < 1.29 is 9.59 Å². The van der Waals surface area contributed by atoms with Crippen molar-refractivity contribution in [2.75, 3.05) is 42.5 Å². The van der Waals surface area contributed by atoms with Gasteiger partial charge in [0.2, 0.25) is 11.9 Å². The molecule has 0 bridgehead atoms. The Hall–Kier alpha value is -3.16. The van der Waals surface area contributed by atoms with Gasteiger partial charge in [0.25, 0.3) is 5.91 Å². The van der Waals surface area contributed by atoms with Crippen LogP contribution < -0.4 is 9.80 Å². The molecule has 5 rings (SSSR count). The Balaban J connectivity index is 1.49. The quantitative estimate of drug-likeness (QED) is 0.680. The van der Waals surface area contributed by atoms with Crippen molar-refractivity contribution in [3.8, 4) is 0 Å². The second-order valence-electron chi connectivity index (χ2n) is 9.87. The maximum Gasteiger partial charge on any atom is 0.273 e. The molecule has 180 valence electrons. The summed E-state index contributed by atoms with van der Waals surface area (Å²) in [4.78, 5) is 43.2. The van der Waals surface area contributed by atoms with Gasteiger partial charge in [0.05, 0.1) is 6.54 Å². The minimum Gasteiger partial charge on any atom is -0.353 e. The van der Waals surface area contributed by atoms with E-state index >= 15 is 0 Å². The predicted octanol–water partition coefficient (Wildman–Crippen LogP) is 2.72. The minimum atomic E-state index is -0.00363. The zero-order chi connectivity index (χ0) is 23.8. The maximum absolute atomic E-state index is 13.3. The summed E-state index contributed by atoms with van der Waals surface area (Å²) in [7, 11) is 0. The molecule has 1 unspecified atom stereocenters. The highest BCUT2D eigenvalue weighted by Gasteiger charge is 2.38. The average Bonchev–Trinajstić information content (AvgIpc) is 3.43.